The van der Waals surface area contributed by atoms with Crippen molar-refractivity contribution >= 4 is 9.84 Å². The zero-order valence-corrected chi connectivity index (χ0v) is 13.2. The molecular weight excluding hydrogens is 290 g/mol. The van der Waals surface area contributed by atoms with Crippen molar-refractivity contribution < 1.29 is 18.3 Å². The Morgan fingerprint density at radius 1 is 1.29 bits per heavy atom. The Hall–Kier alpha value is -1.27. The molecule has 6 heteroatoms. The van der Waals surface area contributed by atoms with Crippen LogP contribution in [0.2, 0.25) is 0 Å². The van der Waals surface area contributed by atoms with E-state index in [1.54, 1.807) is 6.07 Å². The largest absolute Gasteiger partial charge is 0.507 e. The Morgan fingerprint density at radius 2 is 2.10 bits per heavy atom. The van der Waals surface area contributed by atoms with Crippen LogP contribution in [0.3, 0.4) is 0 Å². The zero-order chi connectivity index (χ0) is 15.3. The number of aromatic hydroxyl groups is 1. The van der Waals surface area contributed by atoms with Gasteiger partial charge in [0.1, 0.15) is 11.5 Å². The Morgan fingerprint density at radius 3 is 2.81 bits per heavy atom. The van der Waals surface area contributed by atoms with Crippen LogP contribution in [0.15, 0.2) is 18.2 Å². The third-order valence-electron chi connectivity index (χ3n) is 3.57. The van der Waals surface area contributed by atoms with E-state index in [1.807, 2.05) is 19.1 Å². The van der Waals surface area contributed by atoms with Crippen LogP contribution in [-0.4, -0.2) is 49.6 Å². The maximum Gasteiger partial charge on any atom is 0.151 e. The molecule has 0 amide bonds. The maximum atomic E-state index is 11.6. The fourth-order valence-electron chi connectivity index (χ4n) is 2.38. The van der Waals surface area contributed by atoms with Gasteiger partial charge in [0.05, 0.1) is 18.1 Å². The second-order valence-electron chi connectivity index (χ2n) is 5.42. The second-order valence-corrected chi connectivity index (χ2v) is 7.72. The van der Waals surface area contributed by atoms with Gasteiger partial charge in [0.25, 0.3) is 0 Å². The van der Waals surface area contributed by atoms with E-state index < -0.39 is 9.84 Å². The number of sulfone groups is 1. The molecule has 21 heavy (non-hydrogen) atoms. The molecule has 0 saturated carbocycles. The summed E-state index contributed by atoms with van der Waals surface area (Å²) < 4.78 is 28.7. The Bertz CT molecular complexity index is 571. The Labute approximate surface area is 126 Å². The first-order valence-electron chi connectivity index (χ1n) is 7.37. The number of phenolic OH excluding ortho intramolecular Hbond substituents is 1. The summed E-state index contributed by atoms with van der Waals surface area (Å²) >= 11 is 0. The second kappa shape index (κ2) is 7.13. The van der Waals surface area contributed by atoms with Gasteiger partial charge < -0.3 is 9.84 Å². The first-order valence-corrected chi connectivity index (χ1v) is 9.20. The van der Waals surface area contributed by atoms with Crippen LogP contribution in [0, 0.1) is 0 Å². The van der Waals surface area contributed by atoms with E-state index in [0.29, 0.717) is 31.9 Å². The van der Waals surface area contributed by atoms with Gasteiger partial charge in [-0.25, -0.2) is 8.42 Å². The first kappa shape index (κ1) is 16.1. The van der Waals surface area contributed by atoms with Crippen LogP contribution < -0.4 is 4.74 Å². The molecule has 0 unspecified atom stereocenters. The molecule has 1 aromatic rings. The molecule has 0 bridgehead atoms. The summed E-state index contributed by atoms with van der Waals surface area (Å²) in [6.07, 6.45) is 1.57. The molecule has 0 aliphatic carbocycles. The van der Waals surface area contributed by atoms with Crippen molar-refractivity contribution in [2.24, 2.45) is 0 Å². The fraction of sp³-hybridized carbons (Fsp3) is 0.600. The summed E-state index contributed by atoms with van der Waals surface area (Å²) in [7, 11) is -2.90. The summed E-state index contributed by atoms with van der Waals surface area (Å²) in [4.78, 5) is 2.08. The van der Waals surface area contributed by atoms with Crippen molar-refractivity contribution in [2.75, 3.05) is 31.2 Å². The van der Waals surface area contributed by atoms with E-state index in [-0.39, 0.29) is 17.3 Å². The number of hydrogen-bond acceptors (Lipinski definition) is 5. The summed E-state index contributed by atoms with van der Waals surface area (Å²) in [5, 5.41) is 10.1. The predicted octanol–water partition coefficient (Wildman–Crippen LogP) is 1.80. The summed E-state index contributed by atoms with van der Waals surface area (Å²) in [5.41, 5.74) is 0.804. The zero-order valence-electron chi connectivity index (χ0n) is 12.4. The number of phenols is 1. The van der Waals surface area contributed by atoms with E-state index in [4.69, 9.17) is 4.74 Å². The fourth-order valence-corrected chi connectivity index (χ4v) is 3.69. The lowest BCUT2D eigenvalue weighted by Gasteiger charge is -2.20. The molecule has 1 N–H and O–H groups in total. The Kier molecular flexibility index (Phi) is 5.47. The first-order chi connectivity index (χ1) is 10.00. The number of nitrogens with zero attached hydrogens (tertiary/aromatic N) is 1. The quantitative estimate of drug-likeness (QED) is 0.898. The molecule has 1 heterocycles. The average Bonchev–Trinajstić information content (AvgIpc) is 2.60. The molecule has 1 aliphatic heterocycles. The highest BCUT2D eigenvalue weighted by atomic mass is 32.2. The lowest BCUT2D eigenvalue weighted by atomic mass is 10.1. The number of rotatable bonds is 5. The molecule has 5 nitrogen and oxygen atoms in total. The molecule has 0 spiro atoms. The van der Waals surface area contributed by atoms with Gasteiger partial charge in [-0.2, -0.15) is 0 Å². The molecular formula is C15H23NO4S. The number of hydrogen-bond donors (Lipinski definition) is 1. The summed E-state index contributed by atoms with van der Waals surface area (Å²) in [6, 6.07) is 5.32. The highest BCUT2D eigenvalue weighted by Gasteiger charge is 2.19. The molecule has 0 aromatic heterocycles. The monoisotopic (exact) mass is 313 g/mol. The van der Waals surface area contributed by atoms with Crippen molar-refractivity contribution in [2.45, 2.75) is 26.3 Å². The molecule has 2 rings (SSSR count). The van der Waals surface area contributed by atoms with Crippen LogP contribution >= 0.6 is 0 Å². The van der Waals surface area contributed by atoms with Crippen LogP contribution in [0.25, 0.3) is 0 Å². The normalized spacial score (nSPS) is 19.1. The van der Waals surface area contributed by atoms with Gasteiger partial charge in [-0.05, 0) is 25.5 Å². The molecule has 118 valence electrons. The Balaban J connectivity index is 1.99. The third-order valence-corrected chi connectivity index (χ3v) is 5.29. The topological polar surface area (TPSA) is 66.8 Å². The van der Waals surface area contributed by atoms with Crippen molar-refractivity contribution in [3.63, 3.8) is 0 Å². The molecule has 0 atom stereocenters. The van der Waals surface area contributed by atoms with E-state index in [9.17, 15) is 13.5 Å². The maximum absolute atomic E-state index is 11.6. The average molecular weight is 313 g/mol. The predicted molar refractivity (Wildman–Crippen MR) is 82.4 cm³/mol. The van der Waals surface area contributed by atoms with E-state index in [2.05, 4.69) is 4.90 Å². The highest BCUT2D eigenvalue weighted by molar-refractivity contribution is 7.91. The minimum absolute atomic E-state index is 0.200. The molecule has 0 radical (unpaired) electrons. The van der Waals surface area contributed by atoms with Gasteiger partial charge in [-0.3, -0.25) is 4.90 Å². The van der Waals surface area contributed by atoms with Gasteiger partial charge in [0, 0.05) is 24.7 Å². The van der Waals surface area contributed by atoms with Crippen LogP contribution in [-0.2, 0) is 16.4 Å². The lowest BCUT2D eigenvalue weighted by molar-refractivity contribution is 0.281. The van der Waals surface area contributed by atoms with Gasteiger partial charge in [-0.15, -0.1) is 0 Å². The molecule has 1 aromatic carbocycles. The number of ether oxygens (including phenoxy) is 1. The molecule has 1 fully saturated rings. The van der Waals surface area contributed by atoms with Crippen molar-refractivity contribution in [3.05, 3.63) is 23.8 Å². The minimum Gasteiger partial charge on any atom is -0.507 e. The van der Waals surface area contributed by atoms with E-state index in [1.165, 1.54) is 0 Å². The van der Waals surface area contributed by atoms with Gasteiger partial charge in [0.15, 0.2) is 9.84 Å². The highest BCUT2D eigenvalue weighted by Crippen LogP contribution is 2.25. The van der Waals surface area contributed by atoms with Gasteiger partial charge >= 0.3 is 0 Å². The lowest BCUT2D eigenvalue weighted by Crippen LogP contribution is -2.26. The smallest absolute Gasteiger partial charge is 0.151 e. The van der Waals surface area contributed by atoms with Gasteiger partial charge in [-0.1, -0.05) is 13.0 Å². The van der Waals surface area contributed by atoms with Crippen molar-refractivity contribution in [1.29, 1.82) is 0 Å². The SMILES string of the molecule is CCCOc1ccc(CN2CCCS(=O)(=O)CC2)c(O)c1. The van der Waals surface area contributed by atoms with Crippen molar-refractivity contribution in [1.82, 2.24) is 4.90 Å². The van der Waals surface area contributed by atoms with E-state index in [0.717, 1.165) is 18.5 Å². The standard InChI is InChI=1S/C15H23NO4S/c1-2-8-20-14-5-4-13(15(17)11-14)12-16-6-3-9-21(18,19)10-7-16/h4-5,11,17H,2-3,6-10,12H2,1H3. The van der Waals surface area contributed by atoms with Gasteiger partial charge in [0.2, 0.25) is 0 Å². The third kappa shape index (κ3) is 4.89. The molecule has 1 aliphatic rings. The number of benzene rings is 1. The van der Waals surface area contributed by atoms with E-state index >= 15 is 0 Å². The summed E-state index contributed by atoms with van der Waals surface area (Å²) in [5.74, 6) is 1.33. The minimum atomic E-state index is -2.90. The van der Waals surface area contributed by atoms with Crippen molar-refractivity contribution in [3.8, 4) is 11.5 Å². The van der Waals surface area contributed by atoms with Crippen LogP contribution in [0.4, 0.5) is 0 Å². The van der Waals surface area contributed by atoms with Crippen LogP contribution in [0.5, 0.6) is 11.5 Å². The molecule has 1 saturated heterocycles. The summed E-state index contributed by atoms with van der Waals surface area (Å²) in [6.45, 7) is 4.49. The van der Waals surface area contributed by atoms with Crippen LogP contribution in [0.1, 0.15) is 25.3 Å².